The molecule has 1 saturated carbocycles. The number of nitrogens with two attached hydrogens (primary N) is 1. The number of hydrogen-bond acceptors (Lipinski definition) is 5. The highest BCUT2D eigenvalue weighted by Gasteiger charge is 2.22. The molecule has 0 atom stereocenters. The molecule has 0 aromatic carbocycles. The SMILES string of the molecule is Nc1ccc(OCc2ccco2)nc1OCC1CC1. The summed E-state index contributed by atoms with van der Waals surface area (Å²) >= 11 is 0. The summed E-state index contributed by atoms with van der Waals surface area (Å²) in [6, 6.07) is 7.13. The number of nitrogen functional groups attached to an aromatic ring is 1. The minimum Gasteiger partial charge on any atom is -0.476 e. The third-order valence-electron chi connectivity index (χ3n) is 2.96. The van der Waals surface area contributed by atoms with E-state index < -0.39 is 0 Å². The highest BCUT2D eigenvalue weighted by atomic mass is 16.5. The number of furan rings is 1. The molecule has 1 aliphatic carbocycles. The van der Waals surface area contributed by atoms with Crippen molar-refractivity contribution >= 4 is 5.69 Å². The molecule has 2 N–H and O–H groups in total. The summed E-state index contributed by atoms with van der Waals surface area (Å²) in [5, 5.41) is 0. The van der Waals surface area contributed by atoms with E-state index in [9.17, 15) is 0 Å². The molecule has 2 aromatic rings. The quantitative estimate of drug-likeness (QED) is 0.864. The van der Waals surface area contributed by atoms with Crippen LogP contribution in [0.5, 0.6) is 11.8 Å². The van der Waals surface area contributed by atoms with Crippen LogP contribution in [0.3, 0.4) is 0 Å². The molecule has 100 valence electrons. The molecular weight excluding hydrogens is 244 g/mol. The van der Waals surface area contributed by atoms with Crippen molar-refractivity contribution in [1.29, 1.82) is 0 Å². The van der Waals surface area contributed by atoms with Gasteiger partial charge in [0.2, 0.25) is 11.8 Å². The van der Waals surface area contributed by atoms with Crippen LogP contribution in [0.15, 0.2) is 34.9 Å². The monoisotopic (exact) mass is 260 g/mol. The molecule has 5 nitrogen and oxygen atoms in total. The first-order chi connectivity index (χ1) is 9.31. The van der Waals surface area contributed by atoms with Crippen LogP contribution in [-0.2, 0) is 6.61 Å². The Balaban J connectivity index is 1.62. The number of hydrogen-bond donors (Lipinski definition) is 1. The number of rotatable bonds is 6. The zero-order valence-electron chi connectivity index (χ0n) is 10.5. The minimum atomic E-state index is 0.339. The van der Waals surface area contributed by atoms with E-state index in [1.54, 1.807) is 18.4 Å². The molecule has 0 radical (unpaired) electrons. The lowest BCUT2D eigenvalue weighted by Gasteiger charge is -2.09. The smallest absolute Gasteiger partial charge is 0.240 e. The van der Waals surface area contributed by atoms with E-state index in [0.29, 0.717) is 36.6 Å². The summed E-state index contributed by atoms with van der Waals surface area (Å²) in [5.41, 5.74) is 6.36. The van der Waals surface area contributed by atoms with E-state index in [1.165, 1.54) is 12.8 Å². The highest BCUT2D eigenvalue weighted by Crippen LogP contribution is 2.31. The summed E-state index contributed by atoms with van der Waals surface area (Å²) in [7, 11) is 0. The van der Waals surface area contributed by atoms with Crippen molar-refractivity contribution in [1.82, 2.24) is 4.98 Å². The summed E-state index contributed by atoms with van der Waals surface area (Å²) in [6.07, 6.45) is 4.07. The van der Waals surface area contributed by atoms with Gasteiger partial charge in [-0.05, 0) is 37.0 Å². The van der Waals surface area contributed by atoms with Crippen molar-refractivity contribution in [2.24, 2.45) is 5.92 Å². The molecule has 0 unspecified atom stereocenters. The first-order valence-electron chi connectivity index (χ1n) is 6.36. The Bertz CT molecular complexity index is 536. The van der Waals surface area contributed by atoms with E-state index in [1.807, 2.05) is 12.1 Å². The molecule has 2 aromatic heterocycles. The highest BCUT2D eigenvalue weighted by molar-refractivity contribution is 5.49. The zero-order chi connectivity index (χ0) is 13.1. The normalized spacial score (nSPS) is 14.3. The number of anilines is 1. The van der Waals surface area contributed by atoms with E-state index in [0.717, 1.165) is 5.76 Å². The lowest BCUT2D eigenvalue weighted by Crippen LogP contribution is -2.05. The predicted octanol–water partition coefficient (Wildman–Crippen LogP) is 2.62. The van der Waals surface area contributed by atoms with E-state index in [2.05, 4.69) is 4.98 Å². The topological polar surface area (TPSA) is 70.5 Å². The molecule has 2 heterocycles. The molecule has 19 heavy (non-hydrogen) atoms. The van der Waals surface area contributed by atoms with Gasteiger partial charge in [0.05, 0.1) is 18.6 Å². The van der Waals surface area contributed by atoms with Gasteiger partial charge >= 0.3 is 0 Å². The molecule has 0 saturated heterocycles. The fraction of sp³-hybridized carbons (Fsp3) is 0.357. The zero-order valence-corrected chi connectivity index (χ0v) is 10.5. The second-order valence-electron chi connectivity index (χ2n) is 4.67. The average molecular weight is 260 g/mol. The fourth-order valence-corrected chi connectivity index (χ4v) is 1.65. The Morgan fingerprint density at radius 3 is 2.89 bits per heavy atom. The van der Waals surface area contributed by atoms with Crippen molar-refractivity contribution in [3.63, 3.8) is 0 Å². The second-order valence-corrected chi connectivity index (χ2v) is 4.67. The Morgan fingerprint density at radius 2 is 2.16 bits per heavy atom. The molecular formula is C14H16N2O3. The van der Waals surface area contributed by atoms with Gasteiger partial charge in [0.25, 0.3) is 0 Å². The van der Waals surface area contributed by atoms with Crippen LogP contribution in [0.25, 0.3) is 0 Å². The van der Waals surface area contributed by atoms with Crippen molar-refractivity contribution in [2.75, 3.05) is 12.3 Å². The van der Waals surface area contributed by atoms with Gasteiger partial charge in [-0.3, -0.25) is 0 Å². The number of nitrogens with zero attached hydrogens (tertiary/aromatic N) is 1. The third-order valence-corrected chi connectivity index (χ3v) is 2.96. The Hall–Kier alpha value is -2.17. The van der Waals surface area contributed by atoms with Gasteiger partial charge in [0, 0.05) is 6.07 Å². The number of pyridine rings is 1. The van der Waals surface area contributed by atoms with Crippen molar-refractivity contribution in [3.05, 3.63) is 36.3 Å². The van der Waals surface area contributed by atoms with Crippen molar-refractivity contribution in [3.8, 4) is 11.8 Å². The van der Waals surface area contributed by atoms with Gasteiger partial charge in [0.1, 0.15) is 12.4 Å². The lowest BCUT2D eigenvalue weighted by molar-refractivity contribution is 0.248. The summed E-state index contributed by atoms with van der Waals surface area (Å²) < 4.78 is 16.3. The van der Waals surface area contributed by atoms with Crippen LogP contribution in [0.2, 0.25) is 0 Å². The molecule has 1 aliphatic rings. The van der Waals surface area contributed by atoms with E-state index in [4.69, 9.17) is 19.6 Å². The second kappa shape index (κ2) is 5.22. The van der Waals surface area contributed by atoms with Crippen LogP contribution < -0.4 is 15.2 Å². The molecule has 1 fully saturated rings. The molecule has 0 bridgehead atoms. The van der Waals surface area contributed by atoms with Crippen LogP contribution in [0.4, 0.5) is 5.69 Å². The van der Waals surface area contributed by atoms with Gasteiger partial charge in [-0.25, -0.2) is 0 Å². The molecule has 5 heteroatoms. The Labute approximate surface area is 111 Å². The molecule has 0 amide bonds. The predicted molar refractivity (Wildman–Crippen MR) is 69.9 cm³/mol. The lowest BCUT2D eigenvalue weighted by atomic mass is 10.4. The van der Waals surface area contributed by atoms with Crippen molar-refractivity contribution in [2.45, 2.75) is 19.4 Å². The van der Waals surface area contributed by atoms with Gasteiger partial charge < -0.3 is 19.6 Å². The average Bonchev–Trinajstić information content (AvgIpc) is 3.10. The van der Waals surface area contributed by atoms with Gasteiger partial charge in [-0.2, -0.15) is 4.98 Å². The standard InChI is InChI=1S/C14H16N2O3/c15-12-5-6-13(18-9-11-2-1-7-17-11)16-14(12)19-8-10-3-4-10/h1-2,5-7,10H,3-4,8-9,15H2. The molecule has 0 aliphatic heterocycles. The van der Waals surface area contributed by atoms with Crippen LogP contribution in [-0.4, -0.2) is 11.6 Å². The van der Waals surface area contributed by atoms with E-state index in [-0.39, 0.29) is 0 Å². The first-order valence-corrected chi connectivity index (χ1v) is 6.36. The summed E-state index contributed by atoms with van der Waals surface area (Å²) in [4.78, 5) is 4.26. The van der Waals surface area contributed by atoms with Gasteiger partial charge in [-0.1, -0.05) is 0 Å². The number of ether oxygens (including phenoxy) is 2. The van der Waals surface area contributed by atoms with Crippen LogP contribution in [0.1, 0.15) is 18.6 Å². The fourth-order valence-electron chi connectivity index (χ4n) is 1.65. The molecule has 0 spiro atoms. The maximum atomic E-state index is 5.83. The molecule has 3 rings (SSSR count). The van der Waals surface area contributed by atoms with Crippen LogP contribution >= 0.6 is 0 Å². The van der Waals surface area contributed by atoms with Crippen molar-refractivity contribution < 1.29 is 13.9 Å². The Morgan fingerprint density at radius 1 is 1.26 bits per heavy atom. The minimum absolute atomic E-state index is 0.339. The third kappa shape index (κ3) is 3.19. The number of aromatic nitrogens is 1. The summed E-state index contributed by atoms with van der Waals surface area (Å²) in [6.45, 7) is 1.02. The van der Waals surface area contributed by atoms with Gasteiger partial charge in [-0.15, -0.1) is 0 Å². The van der Waals surface area contributed by atoms with Gasteiger partial charge in [0.15, 0.2) is 0 Å². The maximum absolute atomic E-state index is 5.83. The van der Waals surface area contributed by atoms with E-state index >= 15 is 0 Å². The maximum Gasteiger partial charge on any atom is 0.240 e. The Kier molecular flexibility index (Phi) is 3.27. The largest absolute Gasteiger partial charge is 0.476 e. The van der Waals surface area contributed by atoms with Crippen LogP contribution in [0, 0.1) is 5.92 Å². The summed E-state index contributed by atoms with van der Waals surface area (Å²) in [5.74, 6) is 2.34. The first kappa shape index (κ1) is 11.9.